The normalized spacial score (nSPS) is 10.6. The zero-order chi connectivity index (χ0) is 20.8. The number of hydrogen-bond acceptors (Lipinski definition) is 6. The van der Waals surface area contributed by atoms with Crippen molar-refractivity contribution in [2.75, 3.05) is 0 Å². The van der Waals surface area contributed by atoms with Crippen molar-refractivity contribution in [1.29, 1.82) is 5.26 Å². The highest BCUT2D eigenvalue weighted by molar-refractivity contribution is 5.71. The molecule has 1 aromatic heterocycles. The first kappa shape index (κ1) is 19.3. The molecule has 9 heteroatoms. The second-order valence-electron chi connectivity index (χ2n) is 5.89. The Morgan fingerprint density at radius 2 is 1.79 bits per heavy atom. The number of ether oxygens (including phenoxy) is 1. The molecule has 2 aromatic carbocycles. The van der Waals surface area contributed by atoms with Gasteiger partial charge < -0.3 is 9.72 Å². The molecule has 0 saturated carbocycles. The van der Waals surface area contributed by atoms with Crippen LogP contribution in [0.15, 0.2) is 58.1 Å². The molecule has 0 fully saturated rings. The van der Waals surface area contributed by atoms with E-state index in [0.717, 1.165) is 5.56 Å². The Labute approximate surface area is 163 Å². The first-order valence-electron chi connectivity index (χ1n) is 8.38. The molecular formula is C20H14N4O5. The largest absolute Gasteiger partial charge is 0.489 e. The third-order valence-electron chi connectivity index (χ3n) is 3.98. The fourth-order valence-corrected chi connectivity index (χ4v) is 2.57. The standard InChI is InChI=1S/C20H14N4O5/c21-11-14-3-1-2-4-15(14)12-29-16-8-5-13(6-9-16)7-10-17-18(24(27)28)19(25)23-20(26)22-17/h1-10H,12H2,(H2,22,23,25,26)/b10-7+. The maximum Gasteiger partial charge on any atom is 0.357 e. The summed E-state index contributed by atoms with van der Waals surface area (Å²) in [4.78, 5) is 37.2. The van der Waals surface area contributed by atoms with E-state index < -0.39 is 21.9 Å². The number of nitrogens with zero attached hydrogens (tertiary/aromatic N) is 2. The van der Waals surface area contributed by atoms with Crippen molar-refractivity contribution in [3.63, 3.8) is 0 Å². The van der Waals surface area contributed by atoms with Gasteiger partial charge >= 0.3 is 16.9 Å². The summed E-state index contributed by atoms with van der Waals surface area (Å²) in [5.41, 5.74) is -0.856. The Kier molecular flexibility index (Phi) is 5.66. The van der Waals surface area contributed by atoms with Crippen molar-refractivity contribution in [3.8, 4) is 11.8 Å². The molecule has 29 heavy (non-hydrogen) atoms. The summed E-state index contributed by atoms with van der Waals surface area (Å²) >= 11 is 0. The number of rotatable bonds is 6. The third kappa shape index (κ3) is 4.64. The van der Waals surface area contributed by atoms with Gasteiger partial charge in [0.25, 0.3) is 0 Å². The molecule has 0 amide bonds. The van der Waals surface area contributed by atoms with Crippen LogP contribution in [0.3, 0.4) is 0 Å². The summed E-state index contributed by atoms with van der Waals surface area (Å²) in [6, 6.07) is 16.0. The van der Waals surface area contributed by atoms with E-state index in [9.17, 15) is 19.7 Å². The Bertz CT molecular complexity index is 1230. The van der Waals surface area contributed by atoms with Gasteiger partial charge in [0, 0.05) is 5.56 Å². The van der Waals surface area contributed by atoms with Crippen LogP contribution in [0, 0.1) is 21.4 Å². The Balaban J connectivity index is 1.75. The van der Waals surface area contributed by atoms with Crippen LogP contribution in [-0.4, -0.2) is 14.9 Å². The molecule has 0 aliphatic rings. The summed E-state index contributed by atoms with van der Waals surface area (Å²) in [5.74, 6) is 0.574. The van der Waals surface area contributed by atoms with Gasteiger partial charge in [-0.05, 0) is 29.8 Å². The Morgan fingerprint density at radius 3 is 2.48 bits per heavy atom. The maximum atomic E-state index is 11.6. The van der Waals surface area contributed by atoms with Gasteiger partial charge in [-0.25, -0.2) is 4.79 Å². The van der Waals surface area contributed by atoms with Gasteiger partial charge in [0.05, 0.1) is 16.6 Å². The van der Waals surface area contributed by atoms with E-state index in [0.29, 0.717) is 16.9 Å². The molecule has 0 aliphatic carbocycles. The lowest BCUT2D eigenvalue weighted by molar-refractivity contribution is -0.386. The van der Waals surface area contributed by atoms with Crippen molar-refractivity contribution in [1.82, 2.24) is 9.97 Å². The van der Waals surface area contributed by atoms with Crippen LogP contribution < -0.4 is 16.0 Å². The van der Waals surface area contributed by atoms with Crippen LogP contribution in [-0.2, 0) is 6.61 Å². The number of hydrogen-bond donors (Lipinski definition) is 2. The highest BCUT2D eigenvalue weighted by atomic mass is 16.6. The van der Waals surface area contributed by atoms with Crippen LogP contribution in [0.5, 0.6) is 5.75 Å². The SMILES string of the molecule is N#Cc1ccccc1COc1ccc(/C=C/c2[nH]c(=O)[nH]c(=O)c2[N+](=O)[O-])cc1. The summed E-state index contributed by atoms with van der Waals surface area (Å²) in [7, 11) is 0. The van der Waals surface area contributed by atoms with Gasteiger partial charge in [-0.2, -0.15) is 5.26 Å². The van der Waals surface area contributed by atoms with E-state index >= 15 is 0 Å². The molecular weight excluding hydrogens is 376 g/mol. The lowest BCUT2D eigenvalue weighted by atomic mass is 10.1. The summed E-state index contributed by atoms with van der Waals surface area (Å²) in [6.07, 6.45) is 2.81. The molecule has 3 rings (SSSR count). The van der Waals surface area contributed by atoms with Crippen molar-refractivity contribution in [2.45, 2.75) is 6.61 Å². The molecule has 3 aromatic rings. The van der Waals surface area contributed by atoms with Gasteiger partial charge in [-0.1, -0.05) is 36.4 Å². The second-order valence-corrected chi connectivity index (χ2v) is 5.89. The Morgan fingerprint density at radius 1 is 1.07 bits per heavy atom. The molecule has 1 heterocycles. The molecule has 0 aliphatic heterocycles. The van der Waals surface area contributed by atoms with Crippen molar-refractivity contribution in [3.05, 3.63) is 102 Å². The molecule has 2 N–H and O–H groups in total. The van der Waals surface area contributed by atoms with Gasteiger partial charge in [0.15, 0.2) is 0 Å². The van der Waals surface area contributed by atoms with E-state index in [4.69, 9.17) is 10.00 Å². The molecule has 0 radical (unpaired) electrons. The maximum absolute atomic E-state index is 11.6. The van der Waals surface area contributed by atoms with Crippen molar-refractivity contribution in [2.24, 2.45) is 0 Å². The van der Waals surface area contributed by atoms with E-state index in [2.05, 4.69) is 11.1 Å². The monoisotopic (exact) mass is 390 g/mol. The minimum absolute atomic E-state index is 0.197. The minimum Gasteiger partial charge on any atom is -0.489 e. The molecule has 0 atom stereocenters. The molecule has 9 nitrogen and oxygen atoms in total. The number of aromatic nitrogens is 2. The topological polar surface area (TPSA) is 142 Å². The van der Waals surface area contributed by atoms with E-state index in [1.165, 1.54) is 12.2 Å². The average Bonchev–Trinajstić information content (AvgIpc) is 2.70. The molecule has 0 saturated heterocycles. The second kappa shape index (κ2) is 8.49. The lowest BCUT2D eigenvalue weighted by Crippen LogP contribution is -2.25. The van der Waals surface area contributed by atoms with Crippen LogP contribution >= 0.6 is 0 Å². The predicted molar refractivity (Wildman–Crippen MR) is 105 cm³/mol. The fraction of sp³-hybridized carbons (Fsp3) is 0.0500. The average molecular weight is 390 g/mol. The number of H-pyrrole nitrogens is 2. The zero-order valence-corrected chi connectivity index (χ0v) is 14.9. The minimum atomic E-state index is -1.07. The van der Waals surface area contributed by atoms with Crippen LogP contribution in [0.25, 0.3) is 12.2 Å². The number of nitriles is 1. The smallest absolute Gasteiger partial charge is 0.357 e. The van der Waals surface area contributed by atoms with E-state index in [1.807, 2.05) is 17.1 Å². The van der Waals surface area contributed by atoms with Gasteiger partial charge in [0.1, 0.15) is 18.1 Å². The number of aromatic amines is 2. The van der Waals surface area contributed by atoms with Crippen LogP contribution in [0.4, 0.5) is 5.69 Å². The number of nitrogens with one attached hydrogen (secondary N) is 2. The van der Waals surface area contributed by atoms with E-state index in [1.54, 1.807) is 36.4 Å². The summed E-state index contributed by atoms with van der Waals surface area (Å²) in [5, 5.41) is 20.1. The highest BCUT2D eigenvalue weighted by Crippen LogP contribution is 2.18. The molecule has 0 spiro atoms. The number of nitro groups is 1. The first-order chi connectivity index (χ1) is 14.0. The molecule has 0 bridgehead atoms. The van der Waals surface area contributed by atoms with Crippen LogP contribution in [0.1, 0.15) is 22.4 Å². The summed E-state index contributed by atoms with van der Waals surface area (Å²) < 4.78 is 5.68. The Hall–Kier alpha value is -4.45. The van der Waals surface area contributed by atoms with Gasteiger partial charge in [-0.3, -0.25) is 19.9 Å². The van der Waals surface area contributed by atoms with Crippen molar-refractivity contribution >= 4 is 17.8 Å². The highest BCUT2D eigenvalue weighted by Gasteiger charge is 2.18. The van der Waals surface area contributed by atoms with E-state index in [-0.39, 0.29) is 12.3 Å². The zero-order valence-electron chi connectivity index (χ0n) is 14.9. The molecule has 0 unspecified atom stereocenters. The third-order valence-corrected chi connectivity index (χ3v) is 3.98. The first-order valence-corrected chi connectivity index (χ1v) is 8.38. The predicted octanol–water partition coefficient (Wildman–Crippen LogP) is 2.59. The number of benzene rings is 2. The quantitative estimate of drug-likeness (QED) is 0.489. The lowest BCUT2D eigenvalue weighted by Gasteiger charge is -2.07. The van der Waals surface area contributed by atoms with Gasteiger partial charge in [-0.15, -0.1) is 0 Å². The fourth-order valence-electron chi connectivity index (χ4n) is 2.57. The van der Waals surface area contributed by atoms with Gasteiger partial charge in [0.2, 0.25) is 0 Å². The molecule has 144 valence electrons. The van der Waals surface area contributed by atoms with Crippen LogP contribution in [0.2, 0.25) is 0 Å². The van der Waals surface area contributed by atoms with Crippen molar-refractivity contribution < 1.29 is 9.66 Å². The summed E-state index contributed by atoms with van der Waals surface area (Å²) in [6.45, 7) is 0.235.